The Hall–Kier alpha value is -2.73. The van der Waals surface area contributed by atoms with E-state index >= 15 is 0 Å². The topological polar surface area (TPSA) is 105 Å². The van der Waals surface area contributed by atoms with E-state index in [2.05, 4.69) is 10.3 Å². The predicted molar refractivity (Wildman–Crippen MR) is 76.4 cm³/mol. The van der Waals surface area contributed by atoms with E-state index in [1.807, 2.05) is 6.07 Å². The molecule has 108 valence electrons. The van der Waals surface area contributed by atoms with Crippen molar-refractivity contribution < 1.29 is 14.7 Å². The predicted octanol–water partition coefficient (Wildman–Crippen LogP) is 1.10. The van der Waals surface area contributed by atoms with Gasteiger partial charge in [-0.3, -0.25) is 9.78 Å². The number of amides is 1. The Balaban J connectivity index is 1.98. The minimum absolute atomic E-state index is 0.125. The maximum absolute atomic E-state index is 12.0. The number of hydrogen-bond donors (Lipinski definition) is 3. The number of carbonyl (C=O) groups excluding carboxylic acids is 1. The van der Waals surface area contributed by atoms with Crippen LogP contribution < -0.4 is 11.1 Å². The molecular weight excluding hydrogens is 270 g/mol. The molecule has 0 spiro atoms. The maximum Gasteiger partial charge on any atom is 0.335 e. The molecule has 6 nitrogen and oxygen atoms in total. The van der Waals surface area contributed by atoms with Gasteiger partial charge in [-0.2, -0.15) is 0 Å². The molecule has 0 saturated heterocycles. The van der Waals surface area contributed by atoms with Gasteiger partial charge in [0.1, 0.15) is 6.04 Å². The Labute approximate surface area is 121 Å². The molecule has 1 unspecified atom stereocenters. The summed E-state index contributed by atoms with van der Waals surface area (Å²) >= 11 is 0. The third-order valence-corrected chi connectivity index (χ3v) is 2.95. The highest BCUT2D eigenvalue weighted by atomic mass is 16.4. The largest absolute Gasteiger partial charge is 0.478 e. The first kappa shape index (κ1) is 14.7. The zero-order valence-electron chi connectivity index (χ0n) is 11.2. The van der Waals surface area contributed by atoms with Gasteiger partial charge in [-0.05, 0) is 17.7 Å². The lowest BCUT2D eigenvalue weighted by Crippen LogP contribution is -2.33. The van der Waals surface area contributed by atoms with Crippen molar-refractivity contribution in [1.82, 2.24) is 10.3 Å². The number of nitrogens with two attached hydrogens (primary N) is 1. The molecule has 1 amide bonds. The van der Waals surface area contributed by atoms with E-state index in [0.29, 0.717) is 11.3 Å². The number of carboxylic acids is 1. The number of aromatic carboxylic acids is 1. The molecule has 0 radical (unpaired) electrons. The lowest BCUT2D eigenvalue weighted by atomic mass is 10.1. The van der Waals surface area contributed by atoms with Gasteiger partial charge in [0.25, 0.3) is 0 Å². The van der Waals surface area contributed by atoms with E-state index in [4.69, 9.17) is 10.8 Å². The second-order valence-electron chi connectivity index (χ2n) is 4.45. The second kappa shape index (κ2) is 6.62. The van der Waals surface area contributed by atoms with Gasteiger partial charge < -0.3 is 16.2 Å². The number of carbonyl (C=O) groups is 2. The number of carboxylic acid groups (broad SMARTS) is 1. The van der Waals surface area contributed by atoms with Gasteiger partial charge in [-0.1, -0.05) is 30.3 Å². The summed E-state index contributed by atoms with van der Waals surface area (Å²) < 4.78 is 0. The average Bonchev–Trinajstić information content (AvgIpc) is 2.53. The molecule has 0 bridgehead atoms. The molecule has 1 atom stereocenters. The lowest BCUT2D eigenvalue weighted by molar-refractivity contribution is -0.122. The van der Waals surface area contributed by atoms with Crippen LogP contribution in [-0.4, -0.2) is 22.0 Å². The van der Waals surface area contributed by atoms with Crippen LogP contribution in [0.2, 0.25) is 0 Å². The number of pyridine rings is 1. The Kier molecular flexibility index (Phi) is 4.63. The number of hydrogen-bond acceptors (Lipinski definition) is 4. The van der Waals surface area contributed by atoms with Gasteiger partial charge in [0.2, 0.25) is 5.91 Å². The Morgan fingerprint density at radius 2 is 1.95 bits per heavy atom. The van der Waals surface area contributed by atoms with Gasteiger partial charge in [0.15, 0.2) is 0 Å². The molecule has 4 N–H and O–H groups in total. The van der Waals surface area contributed by atoms with Crippen molar-refractivity contribution in [2.24, 2.45) is 5.73 Å². The molecule has 0 aliphatic rings. The van der Waals surface area contributed by atoms with Crippen LogP contribution in [0.3, 0.4) is 0 Å². The molecule has 1 aromatic carbocycles. The highest BCUT2D eigenvalue weighted by molar-refractivity contribution is 5.87. The van der Waals surface area contributed by atoms with Gasteiger partial charge in [0.05, 0.1) is 17.8 Å². The van der Waals surface area contributed by atoms with Gasteiger partial charge in [-0.25, -0.2) is 4.79 Å². The zero-order chi connectivity index (χ0) is 15.2. The second-order valence-corrected chi connectivity index (χ2v) is 4.45. The zero-order valence-corrected chi connectivity index (χ0v) is 11.2. The molecule has 6 heteroatoms. The first-order valence-electron chi connectivity index (χ1n) is 6.34. The summed E-state index contributed by atoms with van der Waals surface area (Å²) in [5, 5.41) is 11.5. The summed E-state index contributed by atoms with van der Waals surface area (Å²) in [5.74, 6) is -1.38. The first-order chi connectivity index (χ1) is 10.1. The van der Waals surface area contributed by atoms with Crippen molar-refractivity contribution >= 4 is 11.9 Å². The Morgan fingerprint density at radius 1 is 1.24 bits per heavy atom. The molecule has 0 aliphatic heterocycles. The molecule has 2 rings (SSSR count). The highest BCUT2D eigenvalue weighted by Gasteiger charge is 2.15. The standard InChI is InChI=1S/C15H15N3O3/c16-13(10-4-2-1-3-5-10)14(19)18-9-12-8-11(15(20)21)6-7-17-12/h1-8,13H,9,16H2,(H,18,19)(H,20,21). The lowest BCUT2D eigenvalue weighted by Gasteiger charge is -2.12. The normalized spacial score (nSPS) is 11.7. The van der Waals surface area contributed by atoms with E-state index < -0.39 is 12.0 Å². The summed E-state index contributed by atoms with van der Waals surface area (Å²) in [4.78, 5) is 26.8. The molecule has 1 aromatic heterocycles. The van der Waals surface area contributed by atoms with Gasteiger partial charge in [0, 0.05) is 6.20 Å². The van der Waals surface area contributed by atoms with E-state index in [-0.39, 0.29) is 18.0 Å². The quantitative estimate of drug-likeness (QED) is 0.762. The van der Waals surface area contributed by atoms with Crippen molar-refractivity contribution in [3.05, 3.63) is 65.5 Å². The van der Waals surface area contributed by atoms with E-state index in [0.717, 1.165) is 0 Å². The van der Waals surface area contributed by atoms with Crippen LogP contribution in [0.15, 0.2) is 48.7 Å². The fraction of sp³-hybridized carbons (Fsp3) is 0.133. The fourth-order valence-corrected chi connectivity index (χ4v) is 1.81. The summed E-state index contributed by atoms with van der Waals surface area (Å²) in [6.07, 6.45) is 1.39. The Bertz CT molecular complexity index is 644. The van der Waals surface area contributed by atoms with Crippen LogP contribution in [0, 0.1) is 0 Å². The minimum atomic E-state index is -1.04. The molecule has 1 heterocycles. The fourth-order valence-electron chi connectivity index (χ4n) is 1.81. The van der Waals surface area contributed by atoms with Crippen LogP contribution in [0.5, 0.6) is 0 Å². The van der Waals surface area contributed by atoms with Gasteiger partial charge >= 0.3 is 5.97 Å². The van der Waals surface area contributed by atoms with Crippen molar-refractivity contribution in [2.75, 3.05) is 0 Å². The third kappa shape index (κ3) is 3.87. The van der Waals surface area contributed by atoms with Crippen LogP contribution in [0.4, 0.5) is 0 Å². The van der Waals surface area contributed by atoms with Crippen LogP contribution in [0.1, 0.15) is 27.7 Å². The SMILES string of the molecule is NC(C(=O)NCc1cc(C(=O)O)ccn1)c1ccccc1. The molecule has 0 aliphatic carbocycles. The summed E-state index contributed by atoms with van der Waals surface area (Å²) in [6, 6.07) is 11.0. The van der Waals surface area contributed by atoms with Crippen molar-refractivity contribution in [2.45, 2.75) is 12.6 Å². The maximum atomic E-state index is 12.0. The summed E-state index contributed by atoms with van der Waals surface area (Å²) in [7, 11) is 0. The van der Waals surface area contributed by atoms with Crippen LogP contribution in [0.25, 0.3) is 0 Å². The van der Waals surface area contributed by atoms with E-state index in [9.17, 15) is 9.59 Å². The summed E-state index contributed by atoms with van der Waals surface area (Å²) in [6.45, 7) is 0.125. The molecule has 0 saturated carbocycles. The third-order valence-electron chi connectivity index (χ3n) is 2.95. The van der Waals surface area contributed by atoms with Crippen LogP contribution in [-0.2, 0) is 11.3 Å². The van der Waals surface area contributed by atoms with Crippen molar-refractivity contribution in [3.8, 4) is 0 Å². The summed E-state index contributed by atoms with van der Waals surface area (Å²) in [5.41, 5.74) is 7.15. The van der Waals surface area contributed by atoms with E-state index in [1.165, 1.54) is 18.3 Å². The monoisotopic (exact) mass is 285 g/mol. The average molecular weight is 285 g/mol. The molecule has 2 aromatic rings. The van der Waals surface area contributed by atoms with E-state index in [1.54, 1.807) is 24.3 Å². The highest BCUT2D eigenvalue weighted by Crippen LogP contribution is 2.09. The van der Waals surface area contributed by atoms with Crippen molar-refractivity contribution in [1.29, 1.82) is 0 Å². The number of nitrogens with zero attached hydrogens (tertiary/aromatic N) is 1. The van der Waals surface area contributed by atoms with Crippen molar-refractivity contribution in [3.63, 3.8) is 0 Å². The molecule has 0 fully saturated rings. The smallest absolute Gasteiger partial charge is 0.335 e. The van der Waals surface area contributed by atoms with Crippen LogP contribution >= 0.6 is 0 Å². The Morgan fingerprint density at radius 3 is 2.62 bits per heavy atom. The molecular formula is C15H15N3O3. The number of rotatable bonds is 5. The number of benzene rings is 1. The number of aromatic nitrogens is 1. The number of nitrogens with one attached hydrogen (secondary N) is 1. The minimum Gasteiger partial charge on any atom is -0.478 e. The molecule has 21 heavy (non-hydrogen) atoms. The van der Waals surface area contributed by atoms with Gasteiger partial charge in [-0.15, -0.1) is 0 Å². The first-order valence-corrected chi connectivity index (χ1v) is 6.34.